The number of aromatic nitrogens is 3. The lowest BCUT2D eigenvalue weighted by Gasteiger charge is -2.34. The van der Waals surface area contributed by atoms with E-state index in [4.69, 9.17) is 0 Å². The summed E-state index contributed by atoms with van der Waals surface area (Å²) in [5.74, 6) is 0.354. The molecule has 1 fully saturated rings. The highest BCUT2D eigenvalue weighted by atomic mass is 16.2. The Balaban J connectivity index is 1.62. The first-order valence-electron chi connectivity index (χ1n) is 8.73. The monoisotopic (exact) mass is 354 g/mol. The highest BCUT2D eigenvalue weighted by Crippen LogP contribution is 2.13. The predicted octanol–water partition coefficient (Wildman–Crippen LogP) is 0.974. The summed E-state index contributed by atoms with van der Waals surface area (Å²) in [5.41, 5.74) is 0.833. The number of carbonyl (C=O) groups excluding carboxylic acids is 2. The Bertz CT molecular complexity index is 759. The molecule has 0 unspecified atom stereocenters. The Kier molecular flexibility index (Phi) is 5.73. The quantitative estimate of drug-likeness (QED) is 0.860. The molecule has 8 nitrogen and oxygen atoms in total. The molecular weight excluding hydrogens is 332 g/mol. The summed E-state index contributed by atoms with van der Waals surface area (Å²) in [5, 5.41) is 2.79. The van der Waals surface area contributed by atoms with Crippen LogP contribution in [0.5, 0.6) is 0 Å². The zero-order valence-corrected chi connectivity index (χ0v) is 14.8. The summed E-state index contributed by atoms with van der Waals surface area (Å²) in [6.07, 6.45) is 7.26. The molecule has 136 valence electrons. The predicted molar refractivity (Wildman–Crippen MR) is 97.0 cm³/mol. The van der Waals surface area contributed by atoms with Crippen LogP contribution in [0.3, 0.4) is 0 Å². The number of anilines is 1. The van der Waals surface area contributed by atoms with Crippen LogP contribution in [0.25, 0.3) is 0 Å². The number of piperazine rings is 1. The molecule has 3 rings (SSSR count). The molecule has 0 aromatic carbocycles. The van der Waals surface area contributed by atoms with Crippen LogP contribution in [0, 0.1) is 0 Å². The zero-order chi connectivity index (χ0) is 18.4. The molecule has 0 aliphatic carbocycles. The van der Waals surface area contributed by atoms with Gasteiger partial charge in [0.15, 0.2) is 0 Å². The molecule has 1 saturated heterocycles. The standard InChI is InChI=1S/C18H22N6O2/c1-2-4-20-16(25)14-11-15(13-19-12-14)17(26)23-7-9-24(10-8-23)18-21-5-3-6-22-18/h3,5-6,11-13H,2,4,7-10H2,1H3,(H,20,25). The lowest BCUT2D eigenvalue weighted by Crippen LogP contribution is -2.49. The molecule has 26 heavy (non-hydrogen) atoms. The van der Waals surface area contributed by atoms with E-state index in [1.807, 2.05) is 6.92 Å². The van der Waals surface area contributed by atoms with Crippen molar-refractivity contribution in [3.8, 4) is 0 Å². The molecule has 8 heteroatoms. The fourth-order valence-corrected chi connectivity index (χ4v) is 2.77. The van der Waals surface area contributed by atoms with Crippen molar-refractivity contribution < 1.29 is 9.59 Å². The lowest BCUT2D eigenvalue weighted by molar-refractivity contribution is 0.0746. The first kappa shape index (κ1) is 17.8. The van der Waals surface area contributed by atoms with E-state index in [2.05, 4.69) is 25.2 Å². The number of nitrogens with one attached hydrogen (secondary N) is 1. The number of carbonyl (C=O) groups is 2. The molecule has 0 bridgehead atoms. The topological polar surface area (TPSA) is 91.3 Å². The maximum atomic E-state index is 12.7. The Morgan fingerprint density at radius 2 is 1.77 bits per heavy atom. The van der Waals surface area contributed by atoms with E-state index in [-0.39, 0.29) is 11.8 Å². The summed E-state index contributed by atoms with van der Waals surface area (Å²) >= 11 is 0. The van der Waals surface area contributed by atoms with Crippen molar-refractivity contribution in [3.05, 3.63) is 48.0 Å². The van der Waals surface area contributed by atoms with Crippen LogP contribution in [0.4, 0.5) is 5.95 Å². The van der Waals surface area contributed by atoms with Gasteiger partial charge in [-0.3, -0.25) is 14.6 Å². The van der Waals surface area contributed by atoms with Crippen molar-refractivity contribution in [3.63, 3.8) is 0 Å². The van der Waals surface area contributed by atoms with E-state index in [0.29, 0.717) is 49.8 Å². The van der Waals surface area contributed by atoms with Gasteiger partial charge in [-0.25, -0.2) is 9.97 Å². The summed E-state index contributed by atoms with van der Waals surface area (Å²) in [6.45, 7) is 5.06. The minimum absolute atomic E-state index is 0.115. The van der Waals surface area contributed by atoms with Crippen molar-refractivity contribution >= 4 is 17.8 Å². The maximum Gasteiger partial charge on any atom is 0.255 e. The Hall–Kier alpha value is -3.03. The van der Waals surface area contributed by atoms with Crippen LogP contribution in [-0.4, -0.2) is 64.4 Å². The Labute approximate surface area is 152 Å². The second-order valence-corrected chi connectivity index (χ2v) is 6.05. The highest BCUT2D eigenvalue weighted by molar-refractivity contribution is 5.99. The normalized spacial score (nSPS) is 14.2. The van der Waals surface area contributed by atoms with Crippen molar-refractivity contribution in [2.24, 2.45) is 0 Å². The second-order valence-electron chi connectivity index (χ2n) is 6.05. The largest absolute Gasteiger partial charge is 0.352 e. The molecule has 0 atom stereocenters. The van der Waals surface area contributed by atoms with Crippen LogP contribution < -0.4 is 10.2 Å². The van der Waals surface area contributed by atoms with Crippen LogP contribution in [-0.2, 0) is 0 Å². The summed E-state index contributed by atoms with van der Waals surface area (Å²) in [4.78, 5) is 41.2. The average molecular weight is 354 g/mol. The van der Waals surface area contributed by atoms with Crippen LogP contribution in [0.15, 0.2) is 36.9 Å². The van der Waals surface area contributed by atoms with Crippen molar-refractivity contribution in [1.82, 2.24) is 25.2 Å². The number of amides is 2. The molecule has 1 aliphatic heterocycles. The summed E-state index contributed by atoms with van der Waals surface area (Å²) < 4.78 is 0. The van der Waals surface area contributed by atoms with Gasteiger partial charge in [0.1, 0.15) is 0 Å². The molecule has 0 radical (unpaired) electrons. The van der Waals surface area contributed by atoms with Gasteiger partial charge in [0, 0.05) is 57.5 Å². The first-order valence-corrected chi connectivity index (χ1v) is 8.73. The van der Waals surface area contributed by atoms with Gasteiger partial charge >= 0.3 is 0 Å². The third-order valence-electron chi connectivity index (χ3n) is 4.18. The second kappa shape index (κ2) is 8.37. The third kappa shape index (κ3) is 4.14. The Morgan fingerprint density at radius 1 is 1.08 bits per heavy atom. The van der Waals surface area contributed by atoms with Gasteiger partial charge < -0.3 is 15.1 Å². The number of hydrogen-bond acceptors (Lipinski definition) is 6. The molecule has 1 N–H and O–H groups in total. The fraction of sp³-hybridized carbons (Fsp3) is 0.389. The van der Waals surface area contributed by atoms with Gasteiger partial charge in [0.25, 0.3) is 11.8 Å². The van der Waals surface area contributed by atoms with E-state index < -0.39 is 0 Å². The highest BCUT2D eigenvalue weighted by Gasteiger charge is 2.24. The minimum atomic E-state index is -0.208. The maximum absolute atomic E-state index is 12.7. The molecule has 1 aliphatic rings. The average Bonchev–Trinajstić information content (AvgIpc) is 2.72. The molecular formula is C18H22N6O2. The zero-order valence-electron chi connectivity index (χ0n) is 14.8. The van der Waals surface area contributed by atoms with Gasteiger partial charge in [0.2, 0.25) is 5.95 Å². The van der Waals surface area contributed by atoms with Crippen LogP contribution in [0.2, 0.25) is 0 Å². The van der Waals surface area contributed by atoms with E-state index in [1.165, 1.54) is 12.4 Å². The smallest absolute Gasteiger partial charge is 0.255 e. The lowest BCUT2D eigenvalue weighted by atomic mass is 10.1. The molecule has 3 heterocycles. The Morgan fingerprint density at radius 3 is 2.46 bits per heavy atom. The van der Waals surface area contributed by atoms with Crippen molar-refractivity contribution in [2.75, 3.05) is 37.6 Å². The fourth-order valence-electron chi connectivity index (χ4n) is 2.77. The van der Waals surface area contributed by atoms with Gasteiger partial charge in [0.05, 0.1) is 11.1 Å². The van der Waals surface area contributed by atoms with Crippen LogP contribution >= 0.6 is 0 Å². The van der Waals surface area contributed by atoms with Crippen molar-refractivity contribution in [1.29, 1.82) is 0 Å². The number of rotatable bonds is 5. The molecule has 2 aromatic rings. The minimum Gasteiger partial charge on any atom is -0.352 e. The summed E-state index contributed by atoms with van der Waals surface area (Å²) in [7, 11) is 0. The van der Waals surface area contributed by atoms with Gasteiger partial charge in [-0.1, -0.05) is 6.92 Å². The first-order chi connectivity index (χ1) is 12.7. The van der Waals surface area contributed by atoms with Gasteiger partial charge in [-0.15, -0.1) is 0 Å². The molecule has 2 aromatic heterocycles. The molecule has 0 spiro atoms. The number of pyridine rings is 1. The number of nitrogens with zero attached hydrogens (tertiary/aromatic N) is 5. The van der Waals surface area contributed by atoms with E-state index in [1.54, 1.807) is 29.4 Å². The molecule has 2 amide bonds. The van der Waals surface area contributed by atoms with Gasteiger partial charge in [-0.2, -0.15) is 0 Å². The van der Waals surface area contributed by atoms with E-state index in [0.717, 1.165) is 6.42 Å². The van der Waals surface area contributed by atoms with Gasteiger partial charge in [-0.05, 0) is 18.6 Å². The van der Waals surface area contributed by atoms with E-state index >= 15 is 0 Å². The SMILES string of the molecule is CCCNC(=O)c1cncc(C(=O)N2CCN(c3ncccn3)CC2)c1. The third-order valence-corrected chi connectivity index (χ3v) is 4.18. The van der Waals surface area contributed by atoms with E-state index in [9.17, 15) is 9.59 Å². The van der Waals surface area contributed by atoms with Crippen molar-refractivity contribution in [2.45, 2.75) is 13.3 Å². The molecule has 0 saturated carbocycles. The van der Waals surface area contributed by atoms with Crippen LogP contribution in [0.1, 0.15) is 34.1 Å². The summed E-state index contributed by atoms with van der Waals surface area (Å²) in [6, 6.07) is 3.38. The number of hydrogen-bond donors (Lipinski definition) is 1.